The minimum absolute atomic E-state index is 0.0872. The number of carbonyl (C=O) groups excluding carboxylic acids is 1. The molecule has 0 aliphatic heterocycles. The van der Waals surface area contributed by atoms with Crippen LogP contribution in [-0.4, -0.2) is 26.8 Å². The molecule has 0 atom stereocenters. The SMILES string of the molecule is CC(C)n1cc(N)cc1C(=O)NCCCn1cccn1. The zero-order valence-electron chi connectivity index (χ0n) is 11.9. The van der Waals surface area contributed by atoms with Crippen LogP contribution in [0.5, 0.6) is 0 Å². The van der Waals surface area contributed by atoms with Crippen LogP contribution in [0.1, 0.15) is 36.8 Å². The standard InChI is InChI=1S/C14H21N5O/c1-11(2)19-10-12(15)9-13(19)14(20)16-5-3-7-18-8-4-6-17-18/h4,6,8-11H,3,5,7,15H2,1-2H3,(H,16,20). The lowest BCUT2D eigenvalue weighted by molar-refractivity contribution is 0.0942. The molecule has 0 aliphatic carbocycles. The summed E-state index contributed by atoms with van der Waals surface area (Å²) in [6.45, 7) is 5.45. The number of hydrogen-bond acceptors (Lipinski definition) is 3. The highest BCUT2D eigenvalue weighted by atomic mass is 16.1. The molecule has 2 aromatic heterocycles. The molecule has 0 fully saturated rings. The first-order chi connectivity index (χ1) is 9.58. The molecule has 0 unspecified atom stereocenters. The van der Waals surface area contributed by atoms with Crippen molar-refractivity contribution in [3.05, 3.63) is 36.4 Å². The fourth-order valence-electron chi connectivity index (χ4n) is 2.08. The van der Waals surface area contributed by atoms with E-state index in [4.69, 9.17) is 5.73 Å². The Morgan fingerprint density at radius 2 is 2.30 bits per heavy atom. The number of hydrogen-bond donors (Lipinski definition) is 2. The quantitative estimate of drug-likeness (QED) is 0.787. The second-order valence-electron chi connectivity index (χ2n) is 5.04. The van der Waals surface area contributed by atoms with Gasteiger partial charge in [0.15, 0.2) is 0 Å². The van der Waals surface area contributed by atoms with Crippen molar-refractivity contribution in [2.45, 2.75) is 32.9 Å². The minimum atomic E-state index is -0.0872. The summed E-state index contributed by atoms with van der Waals surface area (Å²) >= 11 is 0. The Morgan fingerprint density at radius 3 is 2.95 bits per heavy atom. The Kier molecular flexibility index (Phi) is 4.45. The summed E-state index contributed by atoms with van der Waals surface area (Å²) in [6.07, 6.45) is 6.29. The number of anilines is 1. The average molecular weight is 275 g/mol. The van der Waals surface area contributed by atoms with Gasteiger partial charge in [0, 0.05) is 37.7 Å². The highest BCUT2D eigenvalue weighted by molar-refractivity contribution is 5.93. The molecule has 1 amide bonds. The summed E-state index contributed by atoms with van der Waals surface area (Å²) in [6, 6.07) is 3.80. The van der Waals surface area contributed by atoms with E-state index in [0.29, 0.717) is 17.9 Å². The lowest BCUT2D eigenvalue weighted by Gasteiger charge is -2.12. The molecule has 0 saturated carbocycles. The van der Waals surface area contributed by atoms with E-state index >= 15 is 0 Å². The van der Waals surface area contributed by atoms with Gasteiger partial charge in [-0.2, -0.15) is 5.10 Å². The maximum Gasteiger partial charge on any atom is 0.267 e. The summed E-state index contributed by atoms with van der Waals surface area (Å²) in [5.41, 5.74) is 6.98. The predicted molar refractivity (Wildman–Crippen MR) is 78.4 cm³/mol. The van der Waals surface area contributed by atoms with Gasteiger partial charge in [0.2, 0.25) is 0 Å². The minimum Gasteiger partial charge on any atom is -0.397 e. The van der Waals surface area contributed by atoms with Crippen LogP contribution in [0.4, 0.5) is 5.69 Å². The molecule has 2 rings (SSSR count). The van der Waals surface area contributed by atoms with E-state index in [-0.39, 0.29) is 11.9 Å². The third kappa shape index (κ3) is 3.40. The lowest BCUT2D eigenvalue weighted by atomic mass is 10.3. The van der Waals surface area contributed by atoms with Crippen molar-refractivity contribution in [1.29, 1.82) is 0 Å². The van der Waals surface area contributed by atoms with Gasteiger partial charge in [0.1, 0.15) is 5.69 Å². The van der Waals surface area contributed by atoms with E-state index in [1.807, 2.05) is 35.4 Å². The second kappa shape index (κ2) is 6.27. The molecule has 6 heteroatoms. The van der Waals surface area contributed by atoms with Gasteiger partial charge in [-0.3, -0.25) is 9.48 Å². The first-order valence-electron chi connectivity index (χ1n) is 6.81. The van der Waals surface area contributed by atoms with Crippen LogP contribution in [0.25, 0.3) is 0 Å². The van der Waals surface area contributed by atoms with Crippen molar-refractivity contribution >= 4 is 11.6 Å². The van der Waals surface area contributed by atoms with E-state index < -0.39 is 0 Å². The summed E-state index contributed by atoms with van der Waals surface area (Å²) < 4.78 is 3.74. The van der Waals surface area contributed by atoms with Crippen LogP contribution < -0.4 is 11.1 Å². The summed E-state index contributed by atoms with van der Waals surface area (Å²) in [7, 11) is 0. The molecule has 0 saturated heterocycles. The number of aromatic nitrogens is 3. The summed E-state index contributed by atoms with van der Waals surface area (Å²) in [4.78, 5) is 12.1. The Morgan fingerprint density at radius 1 is 1.50 bits per heavy atom. The van der Waals surface area contributed by atoms with Crippen LogP contribution in [0.2, 0.25) is 0 Å². The molecule has 2 aromatic rings. The smallest absolute Gasteiger partial charge is 0.267 e. The highest BCUT2D eigenvalue weighted by Crippen LogP contribution is 2.16. The van der Waals surface area contributed by atoms with Gasteiger partial charge in [-0.25, -0.2) is 0 Å². The van der Waals surface area contributed by atoms with Crippen molar-refractivity contribution in [3.63, 3.8) is 0 Å². The van der Waals surface area contributed by atoms with Gasteiger partial charge in [0.05, 0.1) is 5.69 Å². The molecular weight excluding hydrogens is 254 g/mol. The zero-order chi connectivity index (χ0) is 14.5. The number of amides is 1. The normalized spacial score (nSPS) is 10.9. The zero-order valence-corrected chi connectivity index (χ0v) is 11.9. The maximum absolute atomic E-state index is 12.1. The molecule has 6 nitrogen and oxygen atoms in total. The van der Waals surface area contributed by atoms with Gasteiger partial charge in [-0.1, -0.05) is 0 Å². The van der Waals surface area contributed by atoms with Gasteiger partial charge < -0.3 is 15.6 Å². The molecule has 20 heavy (non-hydrogen) atoms. The number of carbonyl (C=O) groups is 1. The van der Waals surface area contributed by atoms with E-state index in [9.17, 15) is 4.79 Å². The van der Waals surface area contributed by atoms with Crippen LogP contribution in [0.15, 0.2) is 30.7 Å². The number of aryl methyl sites for hydroxylation is 1. The topological polar surface area (TPSA) is 77.9 Å². The third-order valence-electron chi connectivity index (χ3n) is 3.07. The fourth-order valence-corrected chi connectivity index (χ4v) is 2.08. The van der Waals surface area contributed by atoms with Crippen LogP contribution in [0, 0.1) is 0 Å². The van der Waals surface area contributed by atoms with E-state index in [0.717, 1.165) is 13.0 Å². The number of nitrogens with two attached hydrogens (primary N) is 1. The largest absolute Gasteiger partial charge is 0.397 e. The van der Waals surface area contributed by atoms with Gasteiger partial charge in [0.25, 0.3) is 5.91 Å². The number of rotatable bonds is 6. The van der Waals surface area contributed by atoms with Crippen molar-refractivity contribution in [3.8, 4) is 0 Å². The molecule has 0 spiro atoms. The molecule has 0 aliphatic rings. The lowest BCUT2D eigenvalue weighted by Crippen LogP contribution is -2.27. The first kappa shape index (κ1) is 14.2. The summed E-state index contributed by atoms with van der Waals surface area (Å²) in [5, 5.41) is 7.03. The molecule has 0 aromatic carbocycles. The Hall–Kier alpha value is -2.24. The Bertz CT molecular complexity index is 556. The predicted octanol–water partition coefficient (Wildman–Crippen LogP) is 1.67. The molecular formula is C14H21N5O. The maximum atomic E-state index is 12.1. The number of nitrogens with one attached hydrogen (secondary N) is 1. The van der Waals surface area contributed by atoms with E-state index in [2.05, 4.69) is 10.4 Å². The molecule has 0 bridgehead atoms. The van der Waals surface area contributed by atoms with E-state index in [1.54, 1.807) is 18.5 Å². The second-order valence-corrected chi connectivity index (χ2v) is 5.04. The molecule has 108 valence electrons. The molecule has 2 heterocycles. The number of nitrogens with zero attached hydrogens (tertiary/aromatic N) is 3. The van der Waals surface area contributed by atoms with Crippen molar-refractivity contribution in [2.24, 2.45) is 0 Å². The van der Waals surface area contributed by atoms with Gasteiger partial charge in [-0.05, 0) is 32.4 Å². The monoisotopic (exact) mass is 275 g/mol. The highest BCUT2D eigenvalue weighted by Gasteiger charge is 2.14. The van der Waals surface area contributed by atoms with Crippen LogP contribution >= 0.6 is 0 Å². The first-order valence-corrected chi connectivity index (χ1v) is 6.81. The third-order valence-corrected chi connectivity index (χ3v) is 3.07. The molecule has 0 radical (unpaired) electrons. The summed E-state index contributed by atoms with van der Waals surface area (Å²) in [5.74, 6) is -0.0872. The average Bonchev–Trinajstić information content (AvgIpc) is 3.03. The van der Waals surface area contributed by atoms with E-state index in [1.165, 1.54) is 0 Å². The van der Waals surface area contributed by atoms with Gasteiger partial charge in [-0.15, -0.1) is 0 Å². The fraction of sp³-hybridized carbons (Fsp3) is 0.429. The number of nitrogen functional groups attached to an aromatic ring is 1. The van der Waals surface area contributed by atoms with Crippen LogP contribution in [0.3, 0.4) is 0 Å². The van der Waals surface area contributed by atoms with Gasteiger partial charge >= 0.3 is 0 Å². The Balaban J connectivity index is 1.85. The Labute approximate surface area is 118 Å². The molecule has 3 N–H and O–H groups in total. The van der Waals surface area contributed by atoms with Crippen molar-refractivity contribution < 1.29 is 4.79 Å². The van der Waals surface area contributed by atoms with Crippen LogP contribution in [-0.2, 0) is 6.54 Å². The van der Waals surface area contributed by atoms with Crippen molar-refractivity contribution in [2.75, 3.05) is 12.3 Å². The van der Waals surface area contributed by atoms with Crippen molar-refractivity contribution in [1.82, 2.24) is 19.7 Å².